The van der Waals surface area contributed by atoms with Gasteiger partial charge in [0.2, 0.25) is 0 Å². The molecule has 0 bridgehead atoms. The van der Waals surface area contributed by atoms with Gasteiger partial charge in [0.25, 0.3) is 0 Å². The van der Waals surface area contributed by atoms with Crippen molar-refractivity contribution in [1.82, 2.24) is 0 Å². The van der Waals surface area contributed by atoms with Crippen molar-refractivity contribution in [3.05, 3.63) is 12.7 Å². The van der Waals surface area contributed by atoms with Gasteiger partial charge in [-0.3, -0.25) is 0 Å². The van der Waals surface area contributed by atoms with Gasteiger partial charge in [0.05, 0.1) is 0 Å². The Balaban J connectivity index is 2.82. The first-order chi connectivity index (χ1) is 3.41. The fraction of sp³-hybridized carbons (Fsp3) is 0.400. The highest BCUT2D eigenvalue weighted by molar-refractivity contribution is 5.52. The van der Waals surface area contributed by atoms with Crippen LogP contribution in [0, 0.1) is 0 Å². The molecule has 0 radical (unpaired) electrons. The summed E-state index contributed by atoms with van der Waals surface area (Å²) in [5.74, 6) is 0. The van der Waals surface area contributed by atoms with Crippen LogP contribution in [0.15, 0.2) is 17.8 Å². The van der Waals surface area contributed by atoms with Crippen molar-refractivity contribution in [2.75, 3.05) is 6.61 Å². The second-order valence-corrected chi connectivity index (χ2v) is 0.948. The number of hydrogen-bond acceptors (Lipinski definition) is 2. The molecule has 0 aromatic carbocycles. The summed E-state index contributed by atoms with van der Waals surface area (Å²) in [6, 6.07) is 0. The monoisotopic (exact) mass is 99.1 g/mol. The van der Waals surface area contributed by atoms with Gasteiger partial charge in [-0.15, -0.1) is 0 Å². The van der Waals surface area contributed by atoms with E-state index in [1.54, 1.807) is 19.2 Å². The first-order valence-corrected chi connectivity index (χ1v) is 2.12. The van der Waals surface area contributed by atoms with E-state index in [9.17, 15) is 0 Å². The third-order valence-corrected chi connectivity index (χ3v) is 0.372. The van der Waals surface area contributed by atoms with E-state index in [1.807, 2.05) is 0 Å². The molecule has 2 heteroatoms. The molecule has 0 saturated heterocycles. The second-order valence-electron chi connectivity index (χ2n) is 0.948. The minimum absolute atomic E-state index is 0.490. The Labute approximate surface area is 43.5 Å². The van der Waals surface area contributed by atoms with Crippen molar-refractivity contribution >= 4 is 6.21 Å². The van der Waals surface area contributed by atoms with E-state index < -0.39 is 0 Å². The molecule has 0 aromatic heterocycles. The summed E-state index contributed by atoms with van der Waals surface area (Å²) in [6.45, 7) is 5.72. The average molecular weight is 99.1 g/mol. The lowest BCUT2D eigenvalue weighted by molar-refractivity contribution is 0.176. The third kappa shape index (κ3) is 5.21. The molecule has 0 saturated carbocycles. The van der Waals surface area contributed by atoms with E-state index >= 15 is 0 Å². The fourth-order valence-corrected chi connectivity index (χ4v) is 0.170. The molecule has 0 aromatic rings. The number of oxime groups is 1. The van der Waals surface area contributed by atoms with Gasteiger partial charge in [-0.1, -0.05) is 17.8 Å². The van der Waals surface area contributed by atoms with Gasteiger partial charge in [0, 0.05) is 6.21 Å². The standard InChI is InChI=1S/C5H9NO/c1-3-5-7-6-4-2/h3-4H,1,5H2,2H3. The molecule has 0 aliphatic heterocycles. The van der Waals surface area contributed by atoms with E-state index in [-0.39, 0.29) is 0 Å². The molecule has 0 N–H and O–H groups in total. The van der Waals surface area contributed by atoms with Crippen LogP contribution in [0.3, 0.4) is 0 Å². The zero-order valence-corrected chi connectivity index (χ0v) is 4.42. The molecule has 0 unspecified atom stereocenters. The molecule has 0 heterocycles. The zero-order valence-electron chi connectivity index (χ0n) is 4.42. The van der Waals surface area contributed by atoms with Crippen LogP contribution in [0.25, 0.3) is 0 Å². The second kappa shape index (κ2) is 5.21. The Kier molecular flexibility index (Phi) is 4.62. The maximum Gasteiger partial charge on any atom is 0.135 e. The molecule has 2 nitrogen and oxygen atoms in total. The average Bonchev–Trinajstić information content (AvgIpc) is 1.69. The highest BCUT2D eigenvalue weighted by Crippen LogP contribution is 1.71. The van der Waals surface area contributed by atoms with E-state index in [0.29, 0.717) is 6.61 Å². The first kappa shape index (κ1) is 6.21. The summed E-state index contributed by atoms with van der Waals surface area (Å²) in [6.07, 6.45) is 3.23. The third-order valence-electron chi connectivity index (χ3n) is 0.372. The maximum absolute atomic E-state index is 4.58. The summed E-state index contributed by atoms with van der Waals surface area (Å²) in [7, 11) is 0. The Hall–Kier alpha value is -0.790. The van der Waals surface area contributed by atoms with Gasteiger partial charge in [0.15, 0.2) is 0 Å². The number of hydrogen-bond donors (Lipinski definition) is 0. The number of nitrogens with zero attached hydrogens (tertiary/aromatic N) is 1. The van der Waals surface area contributed by atoms with Crippen LogP contribution >= 0.6 is 0 Å². The van der Waals surface area contributed by atoms with Gasteiger partial charge < -0.3 is 4.84 Å². The molecule has 0 atom stereocenters. The molecule has 0 fully saturated rings. The van der Waals surface area contributed by atoms with Crippen molar-refractivity contribution in [3.63, 3.8) is 0 Å². The van der Waals surface area contributed by atoms with Crippen LogP contribution in [-0.2, 0) is 4.84 Å². The molecule has 0 aliphatic carbocycles. The predicted molar refractivity (Wildman–Crippen MR) is 30.3 cm³/mol. The topological polar surface area (TPSA) is 21.6 Å². The first-order valence-electron chi connectivity index (χ1n) is 2.12. The summed E-state index contributed by atoms with van der Waals surface area (Å²) >= 11 is 0. The van der Waals surface area contributed by atoms with Gasteiger partial charge in [-0.05, 0) is 6.92 Å². The van der Waals surface area contributed by atoms with Crippen molar-refractivity contribution in [3.8, 4) is 0 Å². The Morgan fingerprint density at radius 1 is 1.86 bits per heavy atom. The van der Waals surface area contributed by atoms with Crippen LogP contribution in [-0.4, -0.2) is 12.8 Å². The molecular weight excluding hydrogens is 90.1 g/mol. The van der Waals surface area contributed by atoms with E-state index in [0.717, 1.165) is 0 Å². The van der Waals surface area contributed by atoms with Crippen LogP contribution in [0.2, 0.25) is 0 Å². The normalized spacial score (nSPS) is 9.29. The molecule has 0 aliphatic rings. The Bertz CT molecular complexity index is 68.5. The summed E-state index contributed by atoms with van der Waals surface area (Å²) in [5.41, 5.74) is 0. The van der Waals surface area contributed by atoms with Crippen molar-refractivity contribution in [2.24, 2.45) is 5.16 Å². The Morgan fingerprint density at radius 3 is 3.00 bits per heavy atom. The molecular formula is C5H9NO. The van der Waals surface area contributed by atoms with Crippen LogP contribution < -0.4 is 0 Å². The van der Waals surface area contributed by atoms with Gasteiger partial charge in [-0.2, -0.15) is 0 Å². The minimum atomic E-state index is 0.490. The Morgan fingerprint density at radius 2 is 2.57 bits per heavy atom. The van der Waals surface area contributed by atoms with Crippen molar-refractivity contribution in [2.45, 2.75) is 6.92 Å². The minimum Gasteiger partial charge on any atom is -0.392 e. The SMILES string of the molecule is C=CCON=CC. The summed E-state index contributed by atoms with van der Waals surface area (Å²) < 4.78 is 0. The smallest absolute Gasteiger partial charge is 0.135 e. The maximum atomic E-state index is 4.58. The van der Waals surface area contributed by atoms with Crippen molar-refractivity contribution < 1.29 is 4.84 Å². The van der Waals surface area contributed by atoms with Gasteiger partial charge in [0.1, 0.15) is 6.61 Å². The summed E-state index contributed by atoms with van der Waals surface area (Å²) in [5, 5.41) is 3.47. The zero-order chi connectivity index (χ0) is 5.54. The highest BCUT2D eigenvalue weighted by atomic mass is 16.6. The van der Waals surface area contributed by atoms with Crippen molar-refractivity contribution in [1.29, 1.82) is 0 Å². The molecule has 0 rings (SSSR count). The lowest BCUT2D eigenvalue weighted by Gasteiger charge is -1.86. The highest BCUT2D eigenvalue weighted by Gasteiger charge is 1.65. The van der Waals surface area contributed by atoms with E-state index in [2.05, 4.69) is 16.6 Å². The number of rotatable bonds is 3. The van der Waals surface area contributed by atoms with Gasteiger partial charge >= 0.3 is 0 Å². The largest absolute Gasteiger partial charge is 0.392 e. The molecule has 7 heavy (non-hydrogen) atoms. The summed E-state index contributed by atoms with van der Waals surface area (Å²) in [4.78, 5) is 4.58. The molecule has 0 amide bonds. The fourth-order valence-electron chi connectivity index (χ4n) is 0.170. The van der Waals surface area contributed by atoms with Crippen LogP contribution in [0.1, 0.15) is 6.92 Å². The van der Waals surface area contributed by atoms with E-state index in [1.165, 1.54) is 0 Å². The van der Waals surface area contributed by atoms with Gasteiger partial charge in [-0.25, -0.2) is 0 Å². The quantitative estimate of drug-likeness (QED) is 0.225. The molecule has 40 valence electrons. The molecule has 0 spiro atoms. The van der Waals surface area contributed by atoms with Crippen LogP contribution in [0.4, 0.5) is 0 Å². The van der Waals surface area contributed by atoms with E-state index in [4.69, 9.17) is 0 Å². The predicted octanol–water partition coefficient (Wildman–Crippen LogP) is 1.19. The lowest BCUT2D eigenvalue weighted by atomic mass is 10.7. The lowest BCUT2D eigenvalue weighted by Crippen LogP contribution is -1.78. The van der Waals surface area contributed by atoms with Crippen LogP contribution in [0.5, 0.6) is 0 Å².